The van der Waals surface area contributed by atoms with E-state index in [1.165, 1.54) is 11.8 Å². The molecule has 0 radical (unpaired) electrons. The maximum Gasteiger partial charge on any atom is 0.343 e. The Kier molecular flexibility index (Phi) is 4.39. The van der Waals surface area contributed by atoms with Crippen LogP contribution in [0.25, 0.3) is 0 Å². The van der Waals surface area contributed by atoms with Gasteiger partial charge in [-0.2, -0.15) is 0 Å². The number of nitrogens with zero attached hydrogens (tertiary/aromatic N) is 3. The summed E-state index contributed by atoms with van der Waals surface area (Å²) in [6, 6.07) is 4.12. The fraction of sp³-hybridized carbons (Fsp3) is 0.417. The Morgan fingerprint density at radius 3 is 3.05 bits per heavy atom. The van der Waals surface area contributed by atoms with Crippen LogP contribution in [0.1, 0.15) is 25.5 Å². The molecule has 7 heteroatoms. The molecule has 0 aliphatic carbocycles. The van der Waals surface area contributed by atoms with E-state index in [9.17, 15) is 4.79 Å². The number of nitrogens with one attached hydrogen (secondary N) is 2. The summed E-state index contributed by atoms with van der Waals surface area (Å²) in [7, 11) is 1.91. The summed E-state index contributed by atoms with van der Waals surface area (Å²) in [5.41, 5.74) is 0.900. The fourth-order valence-electron chi connectivity index (χ4n) is 1.72. The molecule has 0 amide bonds. The van der Waals surface area contributed by atoms with Gasteiger partial charge in [0.25, 0.3) is 0 Å². The molecule has 2 aromatic heterocycles. The lowest BCUT2D eigenvalue weighted by molar-refractivity contribution is 0.632. The van der Waals surface area contributed by atoms with E-state index >= 15 is 0 Å². The van der Waals surface area contributed by atoms with Crippen molar-refractivity contribution in [3.05, 3.63) is 34.4 Å². The minimum absolute atomic E-state index is 0.191. The summed E-state index contributed by atoms with van der Waals surface area (Å²) in [6.07, 6.45) is 1.75. The minimum atomic E-state index is -0.191. The third-order valence-electron chi connectivity index (χ3n) is 2.93. The molecule has 0 bridgehead atoms. The van der Waals surface area contributed by atoms with Crippen LogP contribution in [-0.2, 0) is 6.54 Å². The van der Waals surface area contributed by atoms with E-state index in [0.29, 0.717) is 11.7 Å². The van der Waals surface area contributed by atoms with Gasteiger partial charge in [0.1, 0.15) is 5.03 Å². The van der Waals surface area contributed by atoms with Gasteiger partial charge in [0.15, 0.2) is 5.16 Å². The van der Waals surface area contributed by atoms with E-state index in [0.717, 1.165) is 10.6 Å². The van der Waals surface area contributed by atoms with Crippen LogP contribution in [0.15, 0.2) is 33.3 Å². The predicted molar refractivity (Wildman–Crippen MR) is 74.4 cm³/mol. The van der Waals surface area contributed by atoms with Gasteiger partial charge in [0.2, 0.25) is 0 Å². The molecule has 0 saturated heterocycles. The molecule has 2 N–H and O–H groups in total. The maximum absolute atomic E-state index is 11.5. The zero-order valence-corrected chi connectivity index (χ0v) is 12.0. The molecule has 0 aliphatic heterocycles. The maximum atomic E-state index is 11.5. The van der Waals surface area contributed by atoms with E-state index in [4.69, 9.17) is 0 Å². The number of aromatic nitrogens is 4. The van der Waals surface area contributed by atoms with Gasteiger partial charge in [-0.15, -0.1) is 5.10 Å². The molecular weight excluding hydrogens is 262 g/mol. The first-order chi connectivity index (χ1) is 9.17. The van der Waals surface area contributed by atoms with Crippen LogP contribution in [-0.4, -0.2) is 26.8 Å². The third kappa shape index (κ3) is 2.87. The lowest BCUT2D eigenvalue weighted by Crippen LogP contribution is -2.16. The Morgan fingerprint density at radius 2 is 2.37 bits per heavy atom. The van der Waals surface area contributed by atoms with Crippen LogP contribution < -0.4 is 11.0 Å². The summed E-state index contributed by atoms with van der Waals surface area (Å²) < 4.78 is 1.59. The first-order valence-corrected chi connectivity index (χ1v) is 6.94. The molecule has 19 heavy (non-hydrogen) atoms. The van der Waals surface area contributed by atoms with Crippen molar-refractivity contribution in [1.82, 2.24) is 25.1 Å². The van der Waals surface area contributed by atoms with Crippen LogP contribution in [0.4, 0.5) is 0 Å². The van der Waals surface area contributed by atoms with Gasteiger partial charge in [-0.25, -0.2) is 14.9 Å². The highest BCUT2D eigenvalue weighted by Crippen LogP contribution is 2.29. The van der Waals surface area contributed by atoms with Crippen molar-refractivity contribution in [1.29, 1.82) is 0 Å². The fourth-order valence-corrected chi connectivity index (χ4v) is 2.78. The molecule has 0 aromatic carbocycles. The smallest absolute Gasteiger partial charge is 0.313 e. The molecule has 1 atom stereocenters. The second-order valence-electron chi connectivity index (χ2n) is 4.07. The summed E-state index contributed by atoms with van der Waals surface area (Å²) in [4.78, 5) is 15.9. The van der Waals surface area contributed by atoms with Crippen molar-refractivity contribution in [2.24, 2.45) is 0 Å². The zero-order chi connectivity index (χ0) is 13.8. The van der Waals surface area contributed by atoms with Crippen LogP contribution in [0.3, 0.4) is 0 Å². The van der Waals surface area contributed by atoms with Crippen LogP contribution in [0, 0.1) is 0 Å². The highest BCUT2D eigenvalue weighted by Gasteiger charge is 2.14. The highest BCUT2D eigenvalue weighted by atomic mass is 32.2. The van der Waals surface area contributed by atoms with Crippen molar-refractivity contribution in [3.8, 4) is 0 Å². The van der Waals surface area contributed by atoms with Crippen molar-refractivity contribution < 1.29 is 0 Å². The third-order valence-corrected chi connectivity index (χ3v) is 3.96. The Labute approximate surface area is 115 Å². The van der Waals surface area contributed by atoms with Crippen molar-refractivity contribution >= 4 is 11.8 Å². The molecule has 2 heterocycles. The second-order valence-corrected chi connectivity index (χ2v) is 5.02. The second kappa shape index (κ2) is 6.03. The van der Waals surface area contributed by atoms with Crippen LogP contribution in [0.5, 0.6) is 0 Å². The minimum Gasteiger partial charge on any atom is -0.313 e. The lowest BCUT2D eigenvalue weighted by atomic mass is 10.1. The van der Waals surface area contributed by atoms with E-state index < -0.39 is 0 Å². The summed E-state index contributed by atoms with van der Waals surface area (Å²) in [6.45, 7) is 4.57. The van der Waals surface area contributed by atoms with Crippen molar-refractivity contribution in [2.45, 2.75) is 36.6 Å². The molecule has 0 spiro atoms. The Bertz CT molecular complexity index is 606. The summed E-state index contributed by atoms with van der Waals surface area (Å²) >= 11 is 1.40. The SMILES string of the molecule is CCn1c(Sc2ncccc2C(C)NC)n[nH]c1=O. The molecule has 102 valence electrons. The predicted octanol–water partition coefficient (Wildman–Crippen LogP) is 1.42. The number of pyridine rings is 1. The topological polar surface area (TPSA) is 75.6 Å². The Morgan fingerprint density at radius 1 is 1.58 bits per heavy atom. The number of hydrogen-bond acceptors (Lipinski definition) is 5. The quantitative estimate of drug-likeness (QED) is 0.865. The van der Waals surface area contributed by atoms with E-state index in [1.54, 1.807) is 10.8 Å². The number of H-pyrrole nitrogens is 1. The molecule has 0 fully saturated rings. The summed E-state index contributed by atoms with van der Waals surface area (Å²) in [5.74, 6) is 0. The molecule has 2 rings (SSSR count). The molecule has 0 saturated carbocycles. The molecule has 2 aromatic rings. The first-order valence-electron chi connectivity index (χ1n) is 6.12. The van der Waals surface area contributed by atoms with E-state index in [1.807, 2.05) is 26.1 Å². The van der Waals surface area contributed by atoms with Gasteiger partial charge in [-0.1, -0.05) is 6.07 Å². The summed E-state index contributed by atoms with van der Waals surface area (Å²) in [5, 5.41) is 11.2. The Balaban J connectivity index is 2.35. The number of aromatic amines is 1. The zero-order valence-electron chi connectivity index (χ0n) is 11.2. The van der Waals surface area contributed by atoms with Crippen molar-refractivity contribution in [3.63, 3.8) is 0 Å². The molecule has 1 unspecified atom stereocenters. The van der Waals surface area contributed by atoms with Gasteiger partial charge in [0.05, 0.1) is 0 Å². The van der Waals surface area contributed by atoms with Crippen LogP contribution >= 0.6 is 11.8 Å². The molecular formula is C12H17N5OS. The largest absolute Gasteiger partial charge is 0.343 e. The molecule has 0 aliphatic rings. The molecule has 6 nitrogen and oxygen atoms in total. The Hall–Kier alpha value is -1.60. The normalized spacial score (nSPS) is 12.6. The first kappa shape index (κ1) is 13.8. The van der Waals surface area contributed by atoms with Gasteiger partial charge in [-0.3, -0.25) is 4.57 Å². The standard InChI is InChI=1S/C12H17N5OS/c1-4-17-11(18)15-16-12(17)19-10-9(8(2)13-3)6-5-7-14-10/h5-8,13H,4H2,1-3H3,(H,15,18). The van der Waals surface area contributed by atoms with Gasteiger partial charge >= 0.3 is 5.69 Å². The van der Waals surface area contributed by atoms with Crippen LogP contribution in [0.2, 0.25) is 0 Å². The van der Waals surface area contributed by atoms with Gasteiger partial charge in [0, 0.05) is 24.3 Å². The van der Waals surface area contributed by atoms with Gasteiger partial charge in [-0.05, 0) is 38.7 Å². The van der Waals surface area contributed by atoms with Gasteiger partial charge < -0.3 is 5.32 Å². The highest BCUT2D eigenvalue weighted by molar-refractivity contribution is 7.99. The average Bonchev–Trinajstić information content (AvgIpc) is 2.79. The van der Waals surface area contributed by atoms with E-state index in [2.05, 4.69) is 27.4 Å². The van der Waals surface area contributed by atoms with E-state index in [-0.39, 0.29) is 11.7 Å². The number of hydrogen-bond donors (Lipinski definition) is 2. The monoisotopic (exact) mass is 279 g/mol. The number of rotatable bonds is 5. The average molecular weight is 279 g/mol. The van der Waals surface area contributed by atoms with Crippen molar-refractivity contribution in [2.75, 3.05) is 7.05 Å². The lowest BCUT2D eigenvalue weighted by Gasteiger charge is -2.13.